The molecule has 0 aromatic carbocycles. The predicted molar refractivity (Wildman–Crippen MR) is 168 cm³/mol. The molecule has 0 aromatic rings. The molecular weight excluding hydrogens is 552 g/mol. The molecule has 6 heteroatoms. The van der Waals surface area contributed by atoms with E-state index >= 15 is 0 Å². The van der Waals surface area contributed by atoms with Gasteiger partial charge in [-0.15, -0.1) is 0 Å². The summed E-state index contributed by atoms with van der Waals surface area (Å²) in [6.45, 7) is 9.14. The summed E-state index contributed by atoms with van der Waals surface area (Å²) < 4.78 is 0. The first-order valence-electron chi connectivity index (χ1n) is 18.5. The molecule has 248 valence electrons. The summed E-state index contributed by atoms with van der Waals surface area (Å²) in [5, 5.41) is 40.3. The third-order valence-corrected chi connectivity index (χ3v) is 16.7. The number of ketones is 2. The first-order chi connectivity index (χ1) is 20.7. The zero-order chi connectivity index (χ0) is 31.4. The van der Waals surface area contributed by atoms with E-state index in [1.54, 1.807) is 0 Å². The van der Waals surface area contributed by atoms with E-state index < -0.39 is 12.2 Å². The van der Waals surface area contributed by atoms with Gasteiger partial charge in [0.15, 0.2) is 11.6 Å². The monoisotopic (exact) mass is 612 g/mol. The number of fused-ring (bicyclic) bond motifs is 10. The number of Topliss-reactive ketones (excluding diaryl/α,β-unsaturated/α-hetero) is 2. The molecule has 0 aromatic heterocycles. The normalized spacial score (nSPS) is 57.9. The van der Waals surface area contributed by atoms with Gasteiger partial charge in [-0.05, 0) is 161 Å². The van der Waals surface area contributed by atoms with E-state index in [9.17, 15) is 30.0 Å². The number of rotatable bonds is 0. The molecular formula is C38H60O6. The van der Waals surface area contributed by atoms with E-state index in [0.29, 0.717) is 71.0 Å². The fourth-order valence-corrected chi connectivity index (χ4v) is 14.0. The maximum absolute atomic E-state index is 12.5. The van der Waals surface area contributed by atoms with Crippen molar-refractivity contribution < 1.29 is 30.0 Å². The molecule has 8 aliphatic rings. The Labute approximate surface area is 265 Å². The standard InChI is InChI=1S/2C19H30O3/c2*1-18-7-5-12(20)9-11(18)3-4-13-14(18)6-8-19(2)15(13)10-16(21)17(19)22/h2*11-16,20-21H,3-10H2,1-2H3/t11-,12+,13-,14+,15+,16-,18+,19+;11-,12-,13-,14+,15+,16-,18+,19+/m11/s1. The van der Waals surface area contributed by atoms with Crippen LogP contribution in [0.25, 0.3) is 0 Å². The van der Waals surface area contributed by atoms with Crippen molar-refractivity contribution in [1.82, 2.24) is 0 Å². The van der Waals surface area contributed by atoms with Crippen LogP contribution < -0.4 is 0 Å². The van der Waals surface area contributed by atoms with Crippen LogP contribution in [0.3, 0.4) is 0 Å². The van der Waals surface area contributed by atoms with Crippen molar-refractivity contribution in [3.05, 3.63) is 0 Å². The fraction of sp³-hybridized carbons (Fsp3) is 0.947. The van der Waals surface area contributed by atoms with Crippen LogP contribution in [0.4, 0.5) is 0 Å². The van der Waals surface area contributed by atoms with E-state index in [-0.39, 0.29) is 34.6 Å². The Hall–Kier alpha value is -0.820. The third kappa shape index (κ3) is 4.53. The Morgan fingerprint density at radius 2 is 0.864 bits per heavy atom. The highest BCUT2D eigenvalue weighted by Crippen LogP contribution is 2.67. The van der Waals surface area contributed by atoms with Crippen molar-refractivity contribution in [3.8, 4) is 0 Å². The van der Waals surface area contributed by atoms with Crippen LogP contribution in [0.5, 0.6) is 0 Å². The largest absolute Gasteiger partial charge is 0.393 e. The van der Waals surface area contributed by atoms with Gasteiger partial charge in [0.1, 0.15) is 12.2 Å². The molecule has 0 saturated heterocycles. The number of hydrogen-bond acceptors (Lipinski definition) is 6. The van der Waals surface area contributed by atoms with Gasteiger partial charge in [0.25, 0.3) is 0 Å². The Morgan fingerprint density at radius 1 is 0.477 bits per heavy atom. The van der Waals surface area contributed by atoms with Gasteiger partial charge in [-0.1, -0.05) is 27.7 Å². The van der Waals surface area contributed by atoms with Gasteiger partial charge in [-0.2, -0.15) is 0 Å². The second kappa shape index (κ2) is 10.9. The molecule has 8 saturated carbocycles. The van der Waals surface area contributed by atoms with Crippen LogP contribution >= 0.6 is 0 Å². The molecule has 0 bridgehead atoms. The van der Waals surface area contributed by atoms with Crippen LogP contribution in [0.1, 0.15) is 130 Å². The van der Waals surface area contributed by atoms with Crippen LogP contribution in [0, 0.1) is 69.0 Å². The van der Waals surface area contributed by atoms with Crippen LogP contribution in [0.2, 0.25) is 0 Å². The van der Waals surface area contributed by atoms with E-state index in [1.165, 1.54) is 25.7 Å². The van der Waals surface area contributed by atoms with E-state index in [2.05, 4.69) is 27.7 Å². The predicted octanol–water partition coefficient (Wildman–Crippen LogP) is 5.86. The maximum atomic E-state index is 12.5. The minimum atomic E-state index is -0.715. The van der Waals surface area contributed by atoms with Crippen molar-refractivity contribution in [2.75, 3.05) is 0 Å². The Morgan fingerprint density at radius 3 is 1.25 bits per heavy atom. The molecule has 0 radical (unpaired) electrons. The lowest BCUT2D eigenvalue weighted by Crippen LogP contribution is -2.54. The lowest BCUT2D eigenvalue weighted by atomic mass is 9.45. The molecule has 6 nitrogen and oxygen atoms in total. The number of hydrogen-bond donors (Lipinski definition) is 4. The zero-order valence-electron chi connectivity index (χ0n) is 27.8. The minimum absolute atomic E-state index is 0.0987. The number of carbonyl (C=O) groups excluding carboxylic acids is 2. The summed E-state index contributed by atoms with van der Waals surface area (Å²) in [4.78, 5) is 24.9. The minimum Gasteiger partial charge on any atom is -0.393 e. The summed E-state index contributed by atoms with van der Waals surface area (Å²) >= 11 is 0. The summed E-state index contributed by atoms with van der Waals surface area (Å²) in [7, 11) is 0. The molecule has 4 N–H and O–H groups in total. The highest BCUT2D eigenvalue weighted by molar-refractivity contribution is 5.91. The van der Waals surface area contributed by atoms with E-state index in [1.807, 2.05) is 0 Å². The van der Waals surface area contributed by atoms with Crippen molar-refractivity contribution in [2.45, 2.75) is 155 Å². The van der Waals surface area contributed by atoms with Crippen LogP contribution in [-0.4, -0.2) is 56.4 Å². The number of carbonyl (C=O) groups is 2. The smallest absolute Gasteiger partial charge is 0.167 e. The van der Waals surface area contributed by atoms with Gasteiger partial charge < -0.3 is 20.4 Å². The van der Waals surface area contributed by atoms with Gasteiger partial charge >= 0.3 is 0 Å². The molecule has 16 atom stereocenters. The summed E-state index contributed by atoms with van der Waals surface area (Å²) in [5.41, 5.74) is 0.163. The number of aliphatic hydroxyl groups excluding tert-OH is 4. The molecule has 8 aliphatic carbocycles. The molecule has 44 heavy (non-hydrogen) atoms. The third-order valence-electron chi connectivity index (χ3n) is 16.7. The fourth-order valence-electron chi connectivity index (χ4n) is 14.0. The molecule has 8 rings (SSSR count). The lowest BCUT2D eigenvalue weighted by Gasteiger charge is -2.59. The second-order valence-electron chi connectivity index (χ2n) is 18.3. The van der Waals surface area contributed by atoms with Crippen LogP contribution in [-0.2, 0) is 9.59 Å². The van der Waals surface area contributed by atoms with Gasteiger partial charge in [-0.3, -0.25) is 9.59 Å². The molecule has 0 amide bonds. The van der Waals surface area contributed by atoms with Gasteiger partial charge in [0.2, 0.25) is 0 Å². The summed E-state index contributed by atoms with van der Waals surface area (Å²) in [6, 6.07) is 0. The molecule has 8 fully saturated rings. The highest BCUT2D eigenvalue weighted by Gasteiger charge is 2.63. The first kappa shape index (κ1) is 31.8. The summed E-state index contributed by atoms with van der Waals surface area (Å²) in [6.07, 6.45) is 14.9. The Balaban J connectivity index is 0.000000142. The van der Waals surface area contributed by atoms with Crippen molar-refractivity contribution in [1.29, 1.82) is 0 Å². The first-order valence-corrected chi connectivity index (χ1v) is 18.5. The van der Waals surface area contributed by atoms with E-state index in [4.69, 9.17) is 0 Å². The zero-order valence-corrected chi connectivity index (χ0v) is 27.8. The molecule has 0 spiro atoms. The van der Waals surface area contributed by atoms with Gasteiger partial charge in [-0.25, -0.2) is 0 Å². The Kier molecular flexibility index (Phi) is 7.84. The average Bonchev–Trinajstić information content (AvgIpc) is 3.37. The highest BCUT2D eigenvalue weighted by atomic mass is 16.3. The SMILES string of the molecule is C[C@]12CC[C@@H](O)C[C@H]1CC[C@@H]1[C@@H]2CC[C@]2(C)C(=O)[C@H](O)C[C@@H]12.C[C@]12CC[C@H](O)C[C@H]1CC[C@@H]1[C@@H]2CC[C@]2(C)C(=O)[C@H](O)C[C@@H]12. The molecule has 0 unspecified atom stereocenters. The molecule has 0 heterocycles. The van der Waals surface area contributed by atoms with Crippen molar-refractivity contribution in [2.24, 2.45) is 69.0 Å². The van der Waals surface area contributed by atoms with Gasteiger partial charge in [0, 0.05) is 10.8 Å². The Bertz CT molecular complexity index is 1070. The van der Waals surface area contributed by atoms with Gasteiger partial charge in [0.05, 0.1) is 12.2 Å². The quantitative estimate of drug-likeness (QED) is 0.273. The topological polar surface area (TPSA) is 115 Å². The average molecular weight is 613 g/mol. The van der Waals surface area contributed by atoms with Crippen molar-refractivity contribution >= 4 is 11.6 Å². The number of aliphatic hydroxyl groups is 4. The second-order valence-corrected chi connectivity index (χ2v) is 18.3. The van der Waals surface area contributed by atoms with E-state index in [0.717, 1.165) is 64.2 Å². The summed E-state index contributed by atoms with van der Waals surface area (Å²) in [5.74, 6) is 4.91. The van der Waals surface area contributed by atoms with Crippen LogP contribution in [0.15, 0.2) is 0 Å². The maximum Gasteiger partial charge on any atom is 0.167 e. The lowest BCUT2D eigenvalue weighted by molar-refractivity contribution is -0.144. The van der Waals surface area contributed by atoms with Crippen molar-refractivity contribution in [3.63, 3.8) is 0 Å². The molecule has 0 aliphatic heterocycles.